The van der Waals surface area contributed by atoms with Crippen molar-refractivity contribution in [3.63, 3.8) is 0 Å². The van der Waals surface area contributed by atoms with Crippen LogP contribution < -0.4 is 21.0 Å². The van der Waals surface area contributed by atoms with E-state index in [0.29, 0.717) is 30.5 Å². The van der Waals surface area contributed by atoms with Gasteiger partial charge in [0.05, 0.1) is 0 Å². The van der Waals surface area contributed by atoms with Gasteiger partial charge in [0.25, 0.3) is 0 Å². The monoisotopic (exact) mass is 373 g/mol. The predicted octanol–water partition coefficient (Wildman–Crippen LogP) is 2.34. The van der Waals surface area contributed by atoms with Crippen LogP contribution in [0.4, 0.5) is 4.79 Å². The molecule has 2 heterocycles. The van der Waals surface area contributed by atoms with Gasteiger partial charge in [0.1, 0.15) is 17.9 Å². The van der Waals surface area contributed by atoms with Crippen molar-refractivity contribution >= 4 is 17.0 Å². The molecule has 1 saturated heterocycles. The molecule has 0 aliphatic carbocycles. The number of urea groups is 1. The second-order valence-corrected chi connectivity index (χ2v) is 6.93. The smallest absolute Gasteiger partial charge is 0.336 e. The first-order chi connectivity index (χ1) is 13.0. The molecular weight excluding hydrogens is 346 g/mol. The molecule has 2 amide bonds. The van der Waals surface area contributed by atoms with Crippen LogP contribution in [0.15, 0.2) is 39.5 Å². The van der Waals surface area contributed by atoms with E-state index in [1.807, 2.05) is 24.0 Å². The van der Waals surface area contributed by atoms with Gasteiger partial charge >= 0.3 is 11.7 Å². The highest BCUT2D eigenvalue weighted by Crippen LogP contribution is 2.19. The fraction of sp³-hybridized carbons (Fsp3) is 0.500. The average Bonchev–Trinajstić information content (AvgIpc) is 2.66. The highest BCUT2D eigenvalue weighted by molar-refractivity contribution is 5.77. The molecule has 2 aromatic rings. The minimum atomic E-state index is -0.367. The number of rotatable bonds is 6. The second kappa shape index (κ2) is 8.90. The Morgan fingerprint density at radius 2 is 2.04 bits per heavy atom. The van der Waals surface area contributed by atoms with Gasteiger partial charge in [-0.2, -0.15) is 0 Å². The van der Waals surface area contributed by atoms with Crippen molar-refractivity contribution in [1.82, 2.24) is 15.5 Å². The highest BCUT2D eigenvalue weighted by Gasteiger charge is 2.23. The molecule has 1 unspecified atom stereocenters. The van der Waals surface area contributed by atoms with Crippen LogP contribution in [0.2, 0.25) is 0 Å². The minimum Gasteiger partial charge on any atom is -0.492 e. The SMILES string of the molecule is CCNC(=O)N1CCC(NC(C)COc2ccc3ccc(=O)oc3c2)CC1. The van der Waals surface area contributed by atoms with E-state index in [2.05, 4.69) is 17.6 Å². The van der Waals surface area contributed by atoms with Crippen molar-refractivity contribution in [2.45, 2.75) is 38.8 Å². The maximum absolute atomic E-state index is 11.8. The Morgan fingerprint density at radius 3 is 2.78 bits per heavy atom. The molecule has 2 N–H and O–H groups in total. The molecule has 1 fully saturated rings. The van der Waals surface area contributed by atoms with Crippen LogP contribution in [0.3, 0.4) is 0 Å². The number of amides is 2. The molecule has 27 heavy (non-hydrogen) atoms. The maximum atomic E-state index is 11.8. The molecule has 7 nitrogen and oxygen atoms in total. The number of nitrogens with zero attached hydrogens (tertiary/aromatic N) is 1. The van der Waals surface area contributed by atoms with Gasteiger partial charge in [-0.1, -0.05) is 0 Å². The number of benzene rings is 1. The van der Waals surface area contributed by atoms with Gasteiger partial charge in [0, 0.05) is 49.2 Å². The lowest BCUT2D eigenvalue weighted by Crippen LogP contribution is -2.50. The normalized spacial score (nSPS) is 16.3. The van der Waals surface area contributed by atoms with Gasteiger partial charge in [-0.15, -0.1) is 0 Å². The van der Waals surface area contributed by atoms with Crippen molar-refractivity contribution in [2.24, 2.45) is 0 Å². The van der Waals surface area contributed by atoms with Crippen molar-refractivity contribution in [1.29, 1.82) is 0 Å². The van der Waals surface area contributed by atoms with Crippen LogP contribution >= 0.6 is 0 Å². The van der Waals surface area contributed by atoms with Gasteiger partial charge in [-0.3, -0.25) is 0 Å². The molecular formula is C20H27N3O4. The summed E-state index contributed by atoms with van der Waals surface area (Å²) in [6.07, 6.45) is 1.87. The van der Waals surface area contributed by atoms with Crippen LogP contribution in [-0.4, -0.2) is 49.3 Å². The zero-order valence-corrected chi connectivity index (χ0v) is 15.9. The van der Waals surface area contributed by atoms with Crippen molar-refractivity contribution in [3.8, 4) is 5.75 Å². The number of fused-ring (bicyclic) bond motifs is 1. The summed E-state index contributed by atoms with van der Waals surface area (Å²) in [5.74, 6) is 0.677. The summed E-state index contributed by atoms with van der Waals surface area (Å²) in [6, 6.07) is 9.22. The maximum Gasteiger partial charge on any atom is 0.336 e. The van der Waals surface area contributed by atoms with E-state index < -0.39 is 0 Å². The van der Waals surface area contributed by atoms with Crippen LogP contribution in [-0.2, 0) is 0 Å². The summed E-state index contributed by atoms with van der Waals surface area (Å²) in [5.41, 5.74) is 0.159. The Labute approximate surface area is 158 Å². The molecule has 0 bridgehead atoms. The first kappa shape index (κ1) is 19.2. The van der Waals surface area contributed by atoms with Crippen LogP contribution in [0, 0.1) is 0 Å². The number of hydrogen-bond acceptors (Lipinski definition) is 5. The Kier molecular flexibility index (Phi) is 6.34. The third kappa shape index (κ3) is 5.23. The lowest BCUT2D eigenvalue weighted by molar-refractivity contribution is 0.170. The topological polar surface area (TPSA) is 83.8 Å². The Morgan fingerprint density at radius 1 is 1.30 bits per heavy atom. The first-order valence-corrected chi connectivity index (χ1v) is 9.50. The second-order valence-electron chi connectivity index (χ2n) is 6.93. The van der Waals surface area contributed by atoms with Gasteiger partial charge in [0.2, 0.25) is 0 Å². The lowest BCUT2D eigenvalue weighted by Gasteiger charge is -2.33. The van der Waals surface area contributed by atoms with Gasteiger partial charge in [-0.05, 0) is 44.9 Å². The van der Waals surface area contributed by atoms with E-state index in [9.17, 15) is 9.59 Å². The number of ether oxygens (including phenoxy) is 1. The fourth-order valence-corrected chi connectivity index (χ4v) is 3.31. The van der Waals surface area contributed by atoms with E-state index in [1.54, 1.807) is 12.1 Å². The number of carbonyl (C=O) groups is 1. The Hall–Kier alpha value is -2.54. The first-order valence-electron chi connectivity index (χ1n) is 9.50. The third-order valence-corrected chi connectivity index (χ3v) is 4.72. The summed E-state index contributed by atoms with van der Waals surface area (Å²) in [5, 5.41) is 7.28. The molecule has 0 radical (unpaired) electrons. The molecule has 1 aliphatic heterocycles. The summed E-state index contributed by atoms with van der Waals surface area (Å²) in [7, 11) is 0. The van der Waals surface area contributed by atoms with E-state index >= 15 is 0 Å². The van der Waals surface area contributed by atoms with E-state index in [1.165, 1.54) is 6.07 Å². The van der Waals surface area contributed by atoms with E-state index in [4.69, 9.17) is 9.15 Å². The molecule has 7 heteroatoms. The summed E-state index contributed by atoms with van der Waals surface area (Å²) < 4.78 is 11.0. The molecule has 146 valence electrons. The number of piperidine rings is 1. The Balaban J connectivity index is 1.45. The van der Waals surface area contributed by atoms with Crippen LogP contribution in [0.25, 0.3) is 11.0 Å². The molecule has 1 atom stereocenters. The number of hydrogen-bond donors (Lipinski definition) is 2. The van der Waals surface area contributed by atoms with Gasteiger partial charge < -0.3 is 24.7 Å². The number of nitrogens with one attached hydrogen (secondary N) is 2. The zero-order chi connectivity index (χ0) is 19.2. The van der Waals surface area contributed by atoms with Crippen LogP contribution in [0.1, 0.15) is 26.7 Å². The molecule has 0 spiro atoms. The number of likely N-dealkylation sites (tertiary alicyclic amines) is 1. The van der Waals surface area contributed by atoms with Gasteiger partial charge in [0.15, 0.2) is 0 Å². The quantitative estimate of drug-likeness (QED) is 0.760. The molecule has 1 aliphatic rings. The highest BCUT2D eigenvalue weighted by atomic mass is 16.5. The summed E-state index contributed by atoms with van der Waals surface area (Å²) in [6.45, 7) is 6.71. The fourth-order valence-electron chi connectivity index (χ4n) is 3.31. The van der Waals surface area contributed by atoms with Gasteiger partial charge in [-0.25, -0.2) is 9.59 Å². The molecule has 0 saturated carbocycles. The van der Waals surface area contributed by atoms with E-state index in [0.717, 1.165) is 31.3 Å². The summed E-state index contributed by atoms with van der Waals surface area (Å²) in [4.78, 5) is 25.1. The average molecular weight is 373 g/mol. The minimum absolute atomic E-state index is 0.0234. The zero-order valence-electron chi connectivity index (χ0n) is 15.9. The van der Waals surface area contributed by atoms with Crippen LogP contribution in [0.5, 0.6) is 5.75 Å². The molecule has 1 aromatic carbocycles. The largest absolute Gasteiger partial charge is 0.492 e. The predicted molar refractivity (Wildman–Crippen MR) is 104 cm³/mol. The van der Waals surface area contributed by atoms with Crippen molar-refractivity contribution in [3.05, 3.63) is 40.8 Å². The summed E-state index contributed by atoms with van der Waals surface area (Å²) >= 11 is 0. The number of carbonyl (C=O) groups excluding carboxylic acids is 1. The van der Waals surface area contributed by atoms with Crippen molar-refractivity contribution < 1.29 is 13.9 Å². The Bertz CT molecular complexity index is 827. The standard InChI is InChI=1S/C20H27N3O4/c1-3-21-20(25)23-10-8-16(9-11-23)22-14(2)13-26-17-6-4-15-5-7-19(24)27-18(15)12-17/h4-7,12,14,16,22H,3,8-11,13H2,1-2H3,(H,21,25). The third-order valence-electron chi connectivity index (χ3n) is 4.72. The van der Waals surface area contributed by atoms with E-state index in [-0.39, 0.29) is 17.7 Å². The molecule has 3 rings (SSSR count). The molecule has 1 aromatic heterocycles. The van der Waals surface area contributed by atoms with Crippen molar-refractivity contribution in [2.75, 3.05) is 26.2 Å². The lowest BCUT2D eigenvalue weighted by atomic mass is 10.0.